The average Bonchev–Trinajstić information content (AvgIpc) is 2.52. The summed E-state index contributed by atoms with van der Waals surface area (Å²) in [4.78, 5) is 21.0. The third-order valence-electron chi connectivity index (χ3n) is 1.28. The van der Waals surface area contributed by atoms with Gasteiger partial charge in [-0.3, -0.25) is 4.79 Å². The highest BCUT2D eigenvalue weighted by atomic mass is 16.5. The van der Waals surface area contributed by atoms with Crippen molar-refractivity contribution >= 4 is 11.9 Å². The maximum Gasteiger partial charge on any atom is 0.358 e. The summed E-state index contributed by atoms with van der Waals surface area (Å²) < 4.78 is 5.44. The predicted molar refractivity (Wildman–Crippen MR) is 39.0 cm³/mol. The highest BCUT2D eigenvalue weighted by Gasteiger charge is 2.10. The number of nitrogens with zero attached hydrogens (tertiary/aromatic N) is 3. The van der Waals surface area contributed by atoms with Crippen LogP contribution in [0, 0.1) is 0 Å². The van der Waals surface area contributed by atoms with Gasteiger partial charge >= 0.3 is 11.9 Å². The molecular weight excluding hydrogens is 178 g/mol. The van der Waals surface area contributed by atoms with Crippen LogP contribution in [0.15, 0.2) is 6.20 Å². The zero-order chi connectivity index (χ0) is 9.84. The van der Waals surface area contributed by atoms with Gasteiger partial charge in [-0.1, -0.05) is 5.21 Å². The Hall–Kier alpha value is -1.92. The first kappa shape index (κ1) is 9.17. The monoisotopic (exact) mass is 185 g/mol. The molecule has 0 atom stereocenters. The van der Waals surface area contributed by atoms with Gasteiger partial charge in [0.2, 0.25) is 0 Å². The van der Waals surface area contributed by atoms with Crippen LogP contribution in [0.4, 0.5) is 0 Å². The Morgan fingerprint density at radius 1 is 1.69 bits per heavy atom. The van der Waals surface area contributed by atoms with Crippen LogP contribution in [0.3, 0.4) is 0 Å². The molecule has 0 spiro atoms. The van der Waals surface area contributed by atoms with E-state index in [0.29, 0.717) is 0 Å². The summed E-state index contributed by atoms with van der Waals surface area (Å²) in [5, 5.41) is 15.2. The van der Waals surface area contributed by atoms with Crippen LogP contribution in [-0.4, -0.2) is 39.1 Å². The number of carbonyl (C=O) groups excluding carboxylic acids is 1. The standard InChI is InChI=1S/C6H7N3O4/c1-13-5(10)3-9-2-4(6(11)12)7-8-9/h2H,3H2,1H3,(H,11,12). The molecule has 1 heterocycles. The van der Waals surface area contributed by atoms with Crippen molar-refractivity contribution in [1.82, 2.24) is 15.0 Å². The molecule has 0 unspecified atom stereocenters. The molecule has 1 rings (SSSR count). The zero-order valence-electron chi connectivity index (χ0n) is 6.80. The lowest BCUT2D eigenvalue weighted by molar-refractivity contribution is -0.141. The van der Waals surface area contributed by atoms with Crippen molar-refractivity contribution in [2.24, 2.45) is 0 Å². The van der Waals surface area contributed by atoms with Gasteiger partial charge in [-0.15, -0.1) is 5.10 Å². The first-order valence-electron chi connectivity index (χ1n) is 3.33. The molecule has 0 amide bonds. The van der Waals surface area contributed by atoms with E-state index in [9.17, 15) is 9.59 Å². The quantitative estimate of drug-likeness (QED) is 0.616. The van der Waals surface area contributed by atoms with E-state index in [0.717, 1.165) is 10.9 Å². The molecule has 1 aromatic rings. The maximum absolute atomic E-state index is 10.7. The molecule has 1 N–H and O–H groups in total. The topological polar surface area (TPSA) is 94.3 Å². The van der Waals surface area contributed by atoms with E-state index < -0.39 is 11.9 Å². The summed E-state index contributed by atoms with van der Waals surface area (Å²) in [6.45, 7) is -0.142. The second-order valence-corrected chi connectivity index (χ2v) is 2.18. The minimum atomic E-state index is -1.18. The van der Waals surface area contributed by atoms with Gasteiger partial charge in [0.1, 0.15) is 6.54 Å². The van der Waals surface area contributed by atoms with Crippen LogP contribution >= 0.6 is 0 Å². The van der Waals surface area contributed by atoms with Crippen LogP contribution < -0.4 is 0 Å². The van der Waals surface area contributed by atoms with Crippen molar-refractivity contribution in [2.45, 2.75) is 6.54 Å². The molecule has 0 aliphatic heterocycles. The Balaban J connectivity index is 2.69. The number of aromatic carboxylic acids is 1. The summed E-state index contributed by atoms with van der Waals surface area (Å²) in [6, 6.07) is 0. The number of carbonyl (C=O) groups is 2. The van der Waals surface area contributed by atoms with Crippen molar-refractivity contribution in [2.75, 3.05) is 7.11 Å². The van der Waals surface area contributed by atoms with Crippen LogP contribution in [0.2, 0.25) is 0 Å². The molecule has 0 radical (unpaired) electrons. The van der Waals surface area contributed by atoms with E-state index in [1.54, 1.807) is 0 Å². The van der Waals surface area contributed by atoms with Crippen LogP contribution in [0.5, 0.6) is 0 Å². The summed E-state index contributed by atoms with van der Waals surface area (Å²) in [6.07, 6.45) is 1.15. The van der Waals surface area contributed by atoms with E-state index in [1.165, 1.54) is 7.11 Å². The van der Waals surface area contributed by atoms with Crippen LogP contribution in [-0.2, 0) is 16.1 Å². The lowest BCUT2D eigenvalue weighted by atomic mass is 10.5. The number of hydrogen-bond acceptors (Lipinski definition) is 5. The Bertz CT molecular complexity index is 332. The number of rotatable bonds is 3. The second kappa shape index (κ2) is 3.65. The van der Waals surface area contributed by atoms with E-state index >= 15 is 0 Å². The number of ether oxygens (including phenoxy) is 1. The van der Waals surface area contributed by atoms with Crippen LogP contribution in [0.25, 0.3) is 0 Å². The van der Waals surface area contributed by atoms with Gasteiger partial charge in [0, 0.05) is 0 Å². The molecule has 0 aromatic carbocycles. The molecule has 7 nitrogen and oxygen atoms in total. The first-order valence-corrected chi connectivity index (χ1v) is 3.33. The number of carboxylic acid groups (broad SMARTS) is 1. The Labute approximate surface area is 72.9 Å². The van der Waals surface area contributed by atoms with Gasteiger partial charge in [0.05, 0.1) is 13.3 Å². The normalized spacial score (nSPS) is 9.62. The summed E-state index contributed by atoms with van der Waals surface area (Å²) in [7, 11) is 1.23. The lowest BCUT2D eigenvalue weighted by Crippen LogP contribution is -2.11. The number of aromatic nitrogens is 3. The molecule has 0 bridgehead atoms. The smallest absolute Gasteiger partial charge is 0.358 e. The fourth-order valence-electron chi connectivity index (χ4n) is 0.670. The van der Waals surface area contributed by atoms with Gasteiger partial charge in [0.15, 0.2) is 5.69 Å². The molecule has 70 valence electrons. The van der Waals surface area contributed by atoms with Gasteiger partial charge in [-0.05, 0) is 0 Å². The lowest BCUT2D eigenvalue weighted by Gasteiger charge is -1.96. The molecule has 0 saturated carbocycles. The van der Waals surface area contributed by atoms with Crippen LogP contribution in [0.1, 0.15) is 10.5 Å². The average molecular weight is 185 g/mol. The van der Waals surface area contributed by atoms with Gasteiger partial charge < -0.3 is 9.84 Å². The summed E-state index contributed by atoms with van der Waals surface area (Å²) in [5.74, 6) is -1.70. The van der Waals surface area contributed by atoms with E-state index in [-0.39, 0.29) is 12.2 Å². The first-order chi connectivity index (χ1) is 6.13. The minimum absolute atomic E-state index is 0.142. The molecule has 1 aromatic heterocycles. The van der Waals surface area contributed by atoms with E-state index in [4.69, 9.17) is 5.11 Å². The Morgan fingerprint density at radius 3 is 2.85 bits per heavy atom. The van der Waals surface area contributed by atoms with Crippen molar-refractivity contribution in [1.29, 1.82) is 0 Å². The fourth-order valence-corrected chi connectivity index (χ4v) is 0.670. The third kappa shape index (κ3) is 2.26. The van der Waals surface area contributed by atoms with Crippen molar-refractivity contribution in [3.8, 4) is 0 Å². The highest BCUT2D eigenvalue weighted by Crippen LogP contribution is 1.92. The molecule has 7 heteroatoms. The zero-order valence-corrected chi connectivity index (χ0v) is 6.80. The van der Waals surface area contributed by atoms with E-state index in [2.05, 4.69) is 15.0 Å². The van der Waals surface area contributed by atoms with Gasteiger partial charge in [-0.2, -0.15) is 0 Å². The summed E-state index contributed by atoms with van der Waals surface area (Å²) >= 11 is 0. The van der Waals surface area contributed by atoms with Gasteiger partial charge in [0.25, 0.3) is 0 Å². The predicted octanol–water partition coefficient (Wildman–Crippen LogP) is -0.851. The highest BCUT2D eigenvalue weighted by molar-refractivity contribution is 5.84. The number of hydrogen-bond donors (Lipinski definition) is 1. The number of methoxy groups -OCH3 is 1. The molecule has 0 saturated heterocycles. The summed E-state index contributed by atoms with van der Waals surface area (Å²) in [5.41, 5.74) is -0.205. The molecular formula is C6H7N3O4. The maximum atomic E-state index is 10.7. The second-order valence-electron chi connectivity index (χ2n) is 2.18. The Morgan fingerprint density at radius 2 is 2.38 bits per heavy atom. The largest absolute Gasteiger partial charge is 0.476 e. The molecule has 0 aliphatic rings. The number of carboxylic acids is 1. The Kier molecular flexibility index (Phi) is 2.58. The fraction of sp³-hybridized carbons (Fsp3) is 0.333. The molecule has 13 heavy (non-hydrogen) atoms. The third-order valence-corrected chi connectivity index (χ3v) is 1.28. The number of esters is 1. The minimum Gasteiger partial charge on any atom is -0.476 e. The van der Waals surface area contributed by atoms with Gasteiger partial charge in [-0.25, -0.2) is 9.48 Å². The molecule has 0 fully saturated rings. The van der Waals surface area contributed by atoms with Crippen molar-refractivity contribution < 1.29 is 19.4 Å². The molecule has 0 aliphatic carbocycles. The SMILES string of the molecule is COC(=O)Cn1cc(C(=O)O)nn1. The van der Waals surface area contributed by atoms with Crippen molar-refractivity contribution in [3.63, 3.8) is 0 Å². The van der Waals surface area contributed by atoms with Crippen molar-refractivity contribution in [3.05, 3.63) is 11.9 Å². The van der Waals surface area contributed by atoms with E-state index in [1.807, 2.05) is 0 Å².